The van der Waals surface area contributed by atoms with Crippen LogP contribution < -0.4 is 0 Å². The molecule has 3 aromatic heterocycles. The van der Waals surface area contributed by atoms with Gasteiger partial charge in [-0.1, -0.05) is 182 Å². The Bertz CT molecular complexity index is 2930. The molecule has 0 saturated heterocycles. The van der Waals surface area contributed by atoms with E-state index in [1.165, 1.54) is 0 Å². The second-order valence-electron chi connectivity index (χ2n) is 13.4. The van der Waals surface area contributed by atoms with Gasteiger partial charge in [0.05, 0.1) is 16.6 Å². The molecule has 0 radical (unpaired) electrons. The van der Waals surface area contributed by atoms with E-state index in [1.807, 2.05) is 66.7 Å². The number of aromatic nitrogens is 4. The maximum atomic E-state index is 6.97. The molecule has 0 aliphatic rings. The van der Waals surface area contributed by atoms with Gasteiger partial charge in [0.2, 0.25) is 0 Å². The first-order valence-corrected chi connectivity index (χ1v) is 18.3. The molecule has 5 nitrogen and oxygen atoms in total. The third-order valence-corrected chi connectivity index (χ3v) is 9.96. The Labute approximate surface area is 318 Å². The Morgan fingerprint density at radius 3 is 1.27 bits per heavy atom. The van der Waals surface area contributed by atoms with Crippen molar-refractivity contribution in [1.29, 1.82) is 0 Å². The van der Waals surface area contributed by atoms with Crippen LogP contribution in [0.2, 0.25) is 0 Å². The predicted octanol–water partition coefficient (Wildman–Crippen LogP) is 12.8. The Morgan fingerprint density at radius 1 is 0.309 bits per heavy atom. The minimum atomic E-state index is 0.594. The molecule has 5 heteroatoms. The fourth-order valence-corrected chi connectivity index (χ4v) is 7.24. The summed E-state index contributed by atoms with van der Waals surface area (Å²) in [6.45, 7) is 0. The standard InChI is InChI=1S/C50H32N4O/c1-5-15-33(16-6-1)34-25-29-39(30-26-34)49-52-48(38-21-11-4-12-22-38)53-50(54-49)40-31-27-37(28-32-40)46-43(35-17-7-2-8-18-35)44-45(36-19-9-3-10-20-36)51-42-24-14-13-23-41(42)47(44)55-46/h1-32H. The van der Waals surface area contributed by atoms with Crippen LogP contribution in [0.25, 0.3) is 101 Å². The molecule has 3 heterocycles. The number of benzene rings is 7. The summed E-state index contributed by atoms with van der Waals surface area (Å²) in [4.78, 5) is 20.2. The van der Waals surface area contributed by atoms with E-state index in [0.29, 0.717) is 17.5 Å². The van der Waals surface area contributed by atoms with E-state index in [2.05, 4.69) is 127 Å². The first kappa shape index (κ1) is 32.2. The monoisotopic (exact) mass is 704 g/mol. The number of pyridine rings is 1. The lowest BCUT2D eigenvalue weighted by Gasteiger charge is -2.10. The average molecular weight is 705 g/mol. The fourth-order valence-electron chi connectivity index (χ4n) is 7.24. The van der Waals surface area contributed by atoms with E-state index in [9.17, 15) is 0 Å². The van der Waals surface area contributed by atoms with E-state index < -0.39 is 0 Å². The van der Waals surface area contributed by atoms with Gasteiger partial charge in [-0.25, -0.2) is 19.9 Å². The lowest BCUT2D eigenvalue weighted by atomic mass is 9.94. The largest absolute Gasteiger partial charge is 0.455 e. The van der Waals surface area contributed by atoms with E-state index >= 15 is 0 Å². The Hall–Kier alpha value is -7.50. The lowest BCUT2D eigenvalue weighted by Crippen LogP contribution is -2.00. The van der Waals surface area contributed by atoms with Gasteiger partial charge in [0, 0.05) is 38.8 Å². The molecule has 0 amide bonds. The molecule has 0 bridgehead atoms. The number of hydrogen-bond acceptors (Lipinski definition) is 5. The second-order valence-corrected chi connectivity index (χ2v) is 13.4. The van der Waals surface area contributed by atoms with Crippen LogP contribution in [0.1, 0.15) is 0 Å². The molecule has 10 aromatic rings. The maximum absolute atomic E-state index is 6.97. The van der Waals surface area contributed by atoms with Crippen molar-refractivity contribution in [3.63, 3.8) is 0 Å². The van der Waals surface area contributed by atoms with Gasteiger partial charge in [-0.15, -0.1) is 0 Å². The summed E-state index contributed by atoms with van der Waals surface area (Å²) in [5.41, 5.74) is 11.7. The van der Waals surface area contributed by atoms with Crippen molar-refractivity contribution in [3.05, 3.63) is 194 Å². The van der Waals surface area contributed by atoms with Crippen LogP contribution in [0.3, 0.4) is 0 Å². The Balaban J connectivity index is 1.12. The molecular weight excluding hydrogens is 673 g/mol. The van der Waals surface area contributed by atoms with Gasteiger partial charge in [0.25, 0.3) is 0 Å². The van der Waals surface area contributed by atoms with Gasteiger partial charge in [0.15, 0.2) is 17.5 Å². The van der Waals surface area contributed by atoms with Gasteiger partial charge in [-0.05, 0) is 28.8 Å². The molecule has 258 valence electrons. The topological polar surface area (TPSA) is 64.7 Å². The van der Waals surface area contributed by atoms with Gasteiger partial charge < -0.3 is 4.42 Å². The van der Waals surface area contributed by atoms with Crippen LogP contribution in [0, 0.1) is 0 Å². The third kappa shape index (κ3) is 6.04. The van der Waals surface area contributed by atoms with E-state index in [-0.39, 0.29) is 0 Å². The van der Waals surface area contributed by atoms with Crippen LogP contribution in [-0.4, -0.2) is 19.9 Å². The van der Waals surface area contributed by atoms with Gasteiger partial charge in [0.1, 0.15) is 11.3 Å². The van der Waals surface area contributed by atoms with Crippen molar-refractivity contribution in [2.24, 2.45) is 0 Å². The van der Waals surface area contributed by atoms with Crippen molar-refractivity contribution in [2.45, 2.75) is 0 Å². The summed E-state index contributed by atoms with van der Waals surface area (Å²) in [7, 11) is 0. The van der Waals surface area contributed by atoms with Crippen LogP contribution >= 0.6 is 0 Å². The molecule has 0 spiro atoms. The molecule has 0 atom stereocenters. The maximum Gasteiger partial charge on any atom is 0.164 e. The van der Waals surface area contributed by atoms with Crippen molar-refractivity contribution in [3.8, 4) is 79.0 Å². The number of para-hydroxylation sites is 1. The normalized spacial score (nSPS) is 11.3. The summed E-state index contributed by atoms with van der Waals surface area (Å²) >= 11 is 0. The molecule has 0 aliphatic carbocycles. The minimum Gasteiger partial charge on any atom is -0.455 e. The highest BCUT2D eigenvalue weighted by molar-refractivity contribution is 6.16. The highest BCUT2D eigenvalue weighted by Crippen LogP contribution is 2.46. The summed E-state index contributed by atoms with van der Waals surface area (Å²) in [6.07, 6.45) is 0. The van der Waals surface area contributed by atoms with Crippen LogP contribution in [0.5, 0.6) is 0 Å². The second kappa shape index (κ2) is 13.8. The van der Waals surface area contributed by atoms with Crippen LogP contribution in [-0.2, 0) is 0 Å². The molecule has 10 rings (SSSR count). The lowest BCUT2D eigenvalue weighted by molar-refractivity contribution is 0.636. The number of rotatable bonds is 7. The van der Waals surface area contributed by atoms with Crippen molar-refractivity contribution >= 4 is 21.9 Å². The highest BCUT2D eigenvalue weighted by Gasteiger charge is 2.24. The van der Waals surface area contributed by atoms with Crippen LogP contribution in [0.4, 0.5) is 0 Å². The van der Waals surface area contributed by atoms with E-state index in [1.54, 1.807) is 0 Å². The minimum absolute atomic E-state index is 0.594. The molecule has 0 fully saturated rings. The van der Waals surface area contributed by atoms with Crippen LogP contribution in [0.15, 0.2) is 199 Å². The molecule has 0 aliphatic heterocycles. The molecule has 0 N–H and O–H groups in total. The molecular formula is C50H32N4O. The van der Waals surface area contributed by atoms with Gasteiger partial charge in [-0.3, -0.25) is 0 Å². The summed E-state index contributed by atoms with van der Waals surface area (Å²) < 4.78 is 6.97. The summed E-state index contributed by atoms with van der Waals surface area (Å²) in [5, 5.41) is 1.96. The Morgan fingerprint density at radius 2 is 0.709 bits per heavy atom. The average Bonchev–Trinajstić information content (AvgIpc) is 3.68. The van der Waals surface area contributed by atoms with Gasteiger partial charge >= 0.3 is 0 Å². The predicted molar refractivity (Wildman–Crippen MR) is 223 cm³/mol. The number of nitrogens with zero attached hydrogens (tertiary/aromatic N) is 4. The van der Waals surface area contributed by atoms with Crippen molar-refractivity contribution in [1.82, 2.24) is 19.9 Å². The third-order valence-electron chi connectivity index (χ3n) is 9.96. The molecule has 0 saturated carbocycles. The zero-order chi connectivity index (χ0) is 36.6. The van der Waals surface area contributed by atoms with Gasteiger partial charge in [-0.2, -0.15) is 0 Å². The van der Waals surface area contributed by atoms with E-state index in [4.69, 9.17) is 24.4 Å². The SMILES string of the molecule is c1ccc(-c2ccc(-c3nc(-c4ccccc4)nc(-c4ccc(-c5oc6c(c(-c7ccccc7)nc7ccccc76)c5-c5ccccc5)cc4)n3)cc2)cc1. The first-order chi connectivity index (χ1) is 27.3. The first-order valence-electron chi connectivity index (χ1n) is 18.3. The fraction of sp³-hybridized carbons (Fsp3) is 0. The summed E-state index contributed by atoms with van der Waals surface area (Å²) in [5.74, 6) is 2.61. The number of hydrogen-bond donors (Lipinski definition) is 0. The number of fused-ring (bicyclic) bond motifs is 3. The molecule has 7 aromatic carbocycles. The highest BCUT2D eigenvalue weighted by atomic mass is 16.3. The van der Waals surface area contributed by atoms with Crippen molar-refractivity contribution < 1.29 is 4.42 Å². The molecule has 55 heavy (non-hydrogen) atoms. The molecule has 0 unspecified atom stereocenters. The quantitative estimate of drug-likeness (QED) is 0.165. The number of furan rings is 1. The van der Waals surface area contributed by atoms with E-state index in [0.717, 1.165) is 83.4 Å². The zero-order valence-corrected chi connectivity index (χ0v) is 29.7. The summed E-state index contributed by atoms with van der Waals surface area (Å²) in [6, 6.07) is 66.1. The Kier molecular flexibility index (Phi) is 8.08. The zero-order valence-electron chi connectivity index (χ0n) is 29.7. The van der Waals surface area contributed by atoms with Crippen molar-refractivity contribution in [2.75, 3.05) is 0 Å². The smallest absolute Gasteiger partial charge is 0.164 e.